The van der Waals surface area contributed by atoms with Crippen molar-refractivity contribution >= 4 is 18.6 Å². The average Bonchev–Trinajstić information content (AvgIpc) is 3.10. The van der Waals surface area contributed by atoms with Gasteiger partial charge in [-0.05, 0) is 25.7 Å². The molecular formula is C16H24BF4N3O2. The van der Waals surface area contributed by atoms with Crippen LogP contribution in [0.15, 0.2) is 12.1 Å². The lowest BCUT2D eigenvalue weighted by Crippen LogP contribution is -2.19. The molecule has 1 heterocycles. The monoisotopic (exact) mass is 377 g/mol. The van der Waals surface area contributed by atoms with Gasteiger partial charge in [-0.25, -0.2) is 0 Å². The lowest BCUT2D eigenvalue weighted by atomic mass is 10.2. The molecule has 0 N–H and O–H groups in total. The van der Waals surface area contributed by atoms with Crippen molar-refractivity contribution in [1.82, 2.24) is 0 Å². The van der Waals surface area contributed by atoms with Crippen LogP contribution in [-0.2, 0) is 0 Å². The third-order valence-electron chi connectivity index (χ3n) is 3.52. The summed E-state index contributed by atoms with van der Waals surface area (Å²) in [6.07, 6.45) is 4.26. The average molecular weight is 377 g/mol. The standard InChI is InChI=1S/C16H24N3O2.BF4/c1-3-9-20-15-12-14(19-7-5-6-8-19)16(21-10-4-2)11-13(15)18-17;2-1(3,4)5/h11-12H,3-10H2,1-2H3;/q+1;-1. The Balaban J connectivity index is 0.000000597. The van der Waals surface area contributed by atoms with Crippen molar-refractivity contribution in [2.75, 3.05) is 31.2 Å². The lowest BCUT2D eigenvalue weighted by Gasteiger charge is -2.21. The zero-order chi connectivity index (χ0) is 19.6. The Labute approximate surface area is 151 Å². The highest BCUT2D eigenvalue weighted by Crippen LogP contribution is 2.41. The fourth-order valence-electron chi connectivity index (χ4n) is 2.48. The Hall–Kier alpha value is -2.18. The fourth-order valence-corrected chi connectivity index (χ4v) is 2.48. The zero-order valence-electron chi connectivity index (χ0n) is 15.1. The third kappa shape index (κ3) is 7.80. The predicted molar refractivity (Wildman–Crippen MR) is 94.4 cm³/mol. The summed E-state index contributed by atoms with van der Waals surface area (Å²) in [4.78, 5) is 5.65. The van der Waals surface area contributed by atoms with Crippen LogP contribution >= 0.6 is 0 Å². The Kier molecular flexibility index (Phi) is 9.03. The Morgan fingerprint density at radius 3 is 1.96 bits per heavy atom. The highest BCUT2D eigenvalue weighted by atomic mass is 19.5. The minimum atomic E-state index is -6.00. The normalized spacial score (nSPS) is 13.7. The number of rotatable bonds is 7. The predicted octanol–water partition coefficient (Wildman–Crippen LogP) is 5.65. The Morgan fingerprint density at radius 1 is 1.00 bits per heavy atom. The van der Waals surface area contributed by atoms with Crippen molar-refractivity contribution in [3.63, 3.8) is 0 Å². The number of nitrogens with zero attached hydrogens (tertiary/aromatic N) is 3. The first kappa shape index (κ1) is 21.9. The van der Waals surface area contributed by atoms with E-state index < -0.39 is 7.25 Å². The van der Waals surface area contributed by atoms with Gasteiger partial charge in [-0.3, -0.25) is 0 Å². The van der Waals surface area contributed by atoms with Gasteiger partial charge >= 0.3 is 12.9 Å². The molecule has 0 aromatic heterocycles. The largest absolute Gasteiger partial charge is 0.673 e. The molecule has 1 aromatic carbocycles. The SMILES string of the molecule is CCCOc1cc(N2CCCC2)c(OCCC)cc1[N+]#N.F[B-](F)(F)F. The van der Waals surface area contributed by atoms with Gasteiger partial charge in [0.15, 0.2) is 10.7 Å². The summed E-state index contributed by atoms with van der Waals surface area (Å²) >= 11 is 0. The minimum absolute atomic E-state index is 0.428. The topological polar surface area (TPSA) is 49.9 Å². The lowest BCUT2D eigenvalue weighted by molar-refractivity contribution is 0.310. The molecule has 0 bridgehead atoms. The molecule has 0 aliphatic carbocycles. The molecule has 5 nitrogen and oxygen atoms in total. The summed E-state index contributed by atoms with van der Waals surface area (Å²) in [5.74, 6) is 1.39. The van der Waals surface area contributed by atoms with Gasteiger partial charge in [0.2, 0.25) is 11.1 Å². The van der Waals surface area contributed by atoms with Crippen LogP contribution in [0.4, 0.5) is 28.6 Å². The van der Waals surface area contributed by atoms with Gasteiger partial charge in [-0.2, -0.15) is 0 Å². The van der Waals surface area contributed by atoms with E-state index in [9.17, 15) is 22.7 Å². The molecule has 1 aromatic rings. The second-order valence-corrected chi connectivity index (χ2v) is 5.77. The minimum Gasteiger partial charge on any atom is -0.491 e. The number of benzene rings is 1. The van der Waals surface area contributed by atoms with E-state index in [0.29, 0.717) is 24.7 Å². The summed E-state index contributed by atoms with van der Waals surface area (Å²) in [5, 5.41) is 9.20. The summed E-state index contributed by atoms with van der Waals surface area (Å²) in [5.41, 5.74) is 1.47. The first-order valence-corrected chi connectivity index (χ1v) is 8.71. The van der Waals surface area contributed by atoms with Gasteiger partial charge in [-0.15, -0.1) is 0 Å². The van der Waals surface area contributed by atoms with E-state index in [1.807, 2.05) is 6.07 Å². The van der Waals surface area contributed by atoms with Crippen LogP contribution in [0, 0.1) is 5.39 Å². The molecule has 0 unspecified atom stereocenters. The molecule has 0 atom stereocenters. The molecule has 10 heteroatoms. The molecule has 1 saturated heterocycles. The van der Waals surface area contributed by atoms with Crippen LogP contribution in [0.2, 0.25) is 0 Å². The number of anilines is 1. The summed E-state index contributed by atoms with van der Waals surface area (Å²) < 4.78 is 50.5. The quantitative estimate of drug-likeness (QED) is 0.350. The first-order chi connectivity index (χ1) is 12.3. The van der Waals surface area contributed by atoms with Gasteiger partial charge in [0, 0.05) is 19.2 Å². The van der Waals surface area contributed by atoms with Gasteiger partial charge in [-0.1, -0.05) is 13.8 Å². The summed E-state index contributed by atoms with van der Waals surface area (Å²) in [7, 11) is -6.00. The zero-order valence-corrected chi connectivity index (χ0v) is 15.1. The number of halogens is 4. The van der Waals surface area contributed by atoms with E-state index in [-0.39, 0.29) is 0 Å². The van der Waals surface area contributed by atoms with Crippen molar-refractivity contribution in [3.05, 3.63) is 17.1 Å². The smallest absolute Gasteiger partial charge is 0.491 e. The molecule has 1 fully saturated rings. The molecular weight excluding hydrogens is 353 g/mol. The molecule has 0 saturated carbocycles. The molecule has 0 radical (unpaired) electrons. The summed E-state index contributed by atoms with van der Waals surface area (Å²) in [6, 6.07) is 3.72. The van der Waals surface area contributed by atoms with Crippen molar-refractivity contribution < 1.29 is 26.7 Å². The van der Waals surface area contributed by atoms with Crippen molar-refractivity contribution in [2.24, 2.45) is 0 Å². The van der Waals surface area contributed by atoms with E-state index in [4.69, 9.17) is 9.47 Å². The third-order valence-corrected chi connectivity index (χ3v) is 3.52. The van der Waals surface area contributed by atoms with Crippen LogP contribution in [0.5, 0.6) is 11.5 Å². The Morgan fingerprint density at radius 2 is 1.50 bits per heavy atom. The maximum Gasteiger partial charge on any atom is 0.673 e. The van der Waals surface area contributed by atoms with E-state index in [1.54, 1.807) is 6.07 Å². The highest BCUT2D eigenvalue weighted by molar-refractivity contribution is 6.50. The van der Waals surface area contributed by atoms with Crippen LogP contribution in [0.1, 0.15) is 39.5 Å². The van der Waals surface area contributed by atoms with E-state index >= 15 is 0 Å². The number of hydrogen-bond donors (Lipinski definition) is 0. The van der Waals surface area contributed by atoms with Gasteiger partial charge in [0.25, 0.3) is 0 Å². The van der Waals surface area contributed by atoms with Gasteiger partial charge in [0.05, 0.1) is 25.0 Å². The maximum atomic E-state index is 9.75. The van der Waals surface area contributed by atoms with E-state index in [0.717, 1.165) is 37.4 Å². The van der Waals surface area contributed by atoms with Crippen molar-refractivity contribution in [3.8, 4) is 11.5 Å². The van der Waals surface area contributed by atoms with Gasteiger partial charge < -0.3 is 31.6 Å². The van der Waals surface area contributed by atoms with Crippen LogP contribution in [0.25, 0.3) is 4.98 Å². The summed E-state index contributed by atoms with van der Waals surface area (Å²) in [6.45, 7) is 7.45. The molecule has 1 aliphatic rings. The molecule has 146 valence electrons. The second kappa shape index (κ2) is 10.7. The van der Waals surface area contributed by atoms with Crippen LogP contribution in [0.3, 0.4) is 0 Å². The molecule has 2 rings (SSSR count). The fraction of sp³-hybridized carbons (Fsp3) is 0.625. The Bertz CT molecular complexity index is 596. The molecule has 0 amide bonds. The highest BCUT2D eigenvalue weighted by Gasteiger charge is 2.25. The van der Waals surface area contributed by atoms with Crippen LogP contribution < -0.4 is 14.4 Å². The number of diazo groups is 1. The van der Waals surface area contributed by atoms with E-state index in [1.165, 1.54) is 12.8 Å². The molecule has 1 aliphatic heterocycles. The molecule has 26 heavy (non-hydrogen) atoms. The first-order valence-electron chi connectivity index (χ1n) is 8.71. The molecule has 0 spiro atoms. The van der Waals surface area contributed by atoms with Gasteiger partial charge in [0.1, 0.15) is 0 Å². The van der Waals surface area contributed by atoms with Crippen LogP contribution in [-0.4, -0.2) is 33.6 Å². The van der Waals surface area contributed by atoms with Crippen molar-refractivity contribution in [1.29, 1.82) is 5.39 Å². The van der Waals surface area contributed by atoms with E-state index in [2.05, 4.69) is 23.7 Å². The second-order valence-electron chi connectivity index (χ2n) is 5.77. The van der Waals surface area contributed by atoms with Crippen molar-refractivity contribution in [2.45, 2.75) is 39.5 Å². The number of hydrogen-bond acceptors (Lipinski definition) is 4. The number of ether oxygens (including phenoxy) is 2. The maximum absolute atomic E-state index is 9.75.